The molecule has 1 saturated carbocycles. The van der Waals surface area contributed by atoms with Gasteiger partial charge in [-0.2, -0.15) is 5.10 Å². The molecule has 0 aromatic carbocycles. The lowest BCUT2D eigenvalue weighted by Gasteiger charge is -2.23. The van der Waals surface area contributed by atoms with Crippen molar-refractivity contribution >= 4 is 5.69 Å². The number of nitrogen functional groups attached to an aromatic ring is 1. The van der Waals surface area contributed by atoms with Gasteiger partial charge in [0.15, 0.2) is 0 Å². The summed E-state index contributed by atoms with van der Waals surface area (Å²) in [6.45, 7) is 5.42. The first-order chi connectivity index (χ1) is 6.61. The molecule has 0 radical (unpaired) electrons. The second-order valence-electron chi connectivity index (χ2n) is 4.86. The average molecular weight is 193 g/mol. The van der Waals surface area contributed by atoms with Gasteiger partial charge in [0.1, 0.15) is 0 Å². The van der Waals surface area contributed by atoms with Crippen LogP contribution in [0.15, 0.2) is 6.20 Å². The van der Waals surface area contributed by atoms with E-state index in [2.05, 4.69) is 16.7 Å². The molecule has 1 fully saturated rings. The summed E-state index contributed by atoms with van der Waals surface area (Å²) in [5.41, 5.74) is 8.14. The molecule has 1 heterocycles. The van der Waals surface area contributed by atoms with Gasteiger partial charge in [0, 0.05) is 6.54 Å². The molecule has 2 rings (SSSR count). The molecule has 14 heavy (non-hydrogen) atoms. The smallest absolute Gasteiger partial charge is 0.0730 e. The molecule has 0 aliphatic heterocycles. The van der Waals surface area contributed by atoms with Crippen LogP contribution in [0.2, 0.25) is 0 Å². The van der Waals surface area contributed by atoms with Gasteiger partial charge in [0.25, 0.3) is 0 Å². The highest BCUT2D eigenvalue weighted by Gasteiger charge is 2.29. The van der Waals surface area contributed by atoms with Gasteiger partial charge in [0.05, 0.1) is 17.6 Å². The molecule has 0 amide bonds. The van der Waals surface area contributed by atoms with Crippen molar-refractivity contribution < 1.29 is 0 Å². The molecular formula is C11H19N3. The van der Waals surface area contributed by atoms with Gasteiger partial charge in [-0.3, -0.25) is 4.68 Å². The van der Waals surface area contributed by atoms with Crippen molar-refractivity contribution in [3.8, 4) is 0 Å². The molecule has 0 spiro atoms. The summed E-state index contributed by atoms with van der Waals surface area (Å²) in [7, 11) is 0. The molecule has 0 saturated heterocycles. The summed E-state index contributed by atoms with van der Waals surface area (Å²) in [6.07, 6.45) is 7.14. The third kappa shape index (κ3) is 1.63. The third-order valence-electron chi connectivity index (χ3n) is 3.48. The lowest BCUT2D eigenvalue weighted by atomic mass is 9.89. The zero-order valence-electron chi connectivity index (χ0n) is 9.08. The Bertz CT molecular complexity index is 321. The first-order valence-electron chi connectivity index (χ1n) is 5.39. The normalized spacial score (nSPS) is 20.1. The fraction of sp³-hybridized carbons (Fsp3) is 0.727. The summed E-state index contributed by atoms with van der Waals surface area (Å²) in [5.74, 6) is 0. The van der Waals surface area contributed by atoms with Gasteiger partial charge in [-0.15, -0.1) is 0 Å². The summed E-state index contributed by atoms with van der Waals surface area (Å²) in [6, 6.07) is 0. The standard InChI is InChI=1S/C11H19N3/c1-9-10(12)7-13-14(9)8-11(2)5-3-4-6-11/h7H,3-6,8,12H2,1-2H3. The highest BCUT2D eigenvalue weighted by atomic mass is 15.3. The Morgan fingerprint density at radius 1 is 1.50 bits per heavy atom. The number of anilines is 1. The minimum Gasteiger partial charge on any atom is -0.396 e. The Labute approximate surface area is 85.3 Å². The van der Waals surface area contributed by atoms with Gasteiger partial charge < -0.3 is 5.73 Å². The summed E-state index contributed by atoms with van der Waals surface area (Å²) >= 11 is 0. The van der Waals surface area contributed by atoms with E-state index < -0.39 is 0 Å². The number of rotatable bonds is 2. The van der Waals surface area contributed by atoms with E-state index >= 15 is 0 Å². The van der Waals surface area contributed by atoms with E-state index in [-0.39, 0.29) is 0 Å². The number of aromatic nitrogens is 2. The predicted molar refractivity (Wildman–Crippen MR) is 58.0 cm³/mol. The molecule has 3 heteroatoms. The second-order valence-corrected chi connectivity index (χ2v) is 4.86. The molecular weight excluding hydrogens is 174 g/mol. The Morgan fingerprint density at radius 2 is 2.14 bits per heavy atom. The van der Waals surface area contributed by atoms with Crippen molar-refractivity contribution in [2.45, 2.75) is 46.1 Å². The minimum atomic E-state index is 0.448. The van der Waals surface area contributed by atoms with Crippen LogP contribution >= 0.6 is 0 Å². The lowest BCUT2D eigenvalue weighted by Crippen LogP contribution is -2.21. The van der Waals surface area contributed by atoms with Crippen LogP contribution in [0, 0.1) is 12.3 Å². The van der Waals surface area contributed by atoms with E-state index in [1.807, 2.05) is 6.92 Å². The Morgan fingerprint density at radius 3 is 2.64 bits per heavy atom. The van der Waals surface area contributed by atoms with Gasteiger partial charge in [-0.25, -0.2) is 0 Å². The molecule has 1 aliphatic rings. The molecule has 1 aromatic rings. The van der Waals surface area contributed by atoms with Crippen LogP contribution in [-0.2, 0) is 6.54 Å². The van der Waals surface area contributed by atoms with E-state index in [0.29, 0.717) is 5.41 Å². The quantitative estimate of drug-likeness (QED) is 0.783. The SMILES string of the molecule is Cc1c(N)cnn1CC1(C)CCCC1. The van der Waals surface area contributed by atoms with Crippen molar-refractivity contribution in [2.75, 3.05) is 5.73 Å². The Kier molecular flexibility index (Phi) is 2.25. The molecule has 3 nitrogen and oxygen atoms in total. The van der Waals surface area contributed by atoms with Crippen molar-refractivity contribution in [1.29, 1.82) is 0 Å². The maximum atomic E-state index is 5.77. The molecule has 0 atom stereocenters. The summed E-state index contributed by atoms with van der Waals surface area (Å²) in [4.78, 5) is 0. The number of nitrogens with zero attached hydrogens (tertiary/aromatic N) is 2. The fourth-order valence-corrected chi connectivity index (χ4v) is 2.37. The van der Waals surface area contributed by atoms with Gasteiger partial charge in [0.2, 0.25) is 0 Å². The van der Waals surface area contributed by atoms with Crippen molar-refractivity contribution in [1.82, 2.24) is 9.78 Å². The predicted octanol–water partition coefficient (Wildman–Crippen LogP) is 2.35. The molecule has 0 unspecified atom stereocenters. The second kappa shape index (κ2) is 3.30. The Hall–Kier alpha value is -0.990. The lowest BCUT2D eigenvalue weighted by molar-refractivity contribution is 0.265. The van der Waals surface area contributed by atoms with Crippen LogP contribution < -0.4 is 5.73 Å². The van der Waals surface area contributed by atoms with Crippen molar-refractivity contribution in [3.05, 3.63) is 11.9 Å². The Balaban J connectivity index is 2.14. The van der Waals surface area contributed by atoms with Gasteiger partial charge >= 0.3 is 0 Å². The number of nitrogens with two attached hydrogens (primary N) is 1. The highest BCUT2D eigenvalue weighted by Crippen LogP contribution is 2.39. The minimum absolute atomic E-state index is 0.448. The van der Waals surface area contributed by atoms with E-state index in [4.69, 9.17) is 5.73 Å². The van der Waals surface area contributed by atoms with E-state index in [1.54, 1.807) is 6.20 Å². The van der Waals surface area contributed by atoms with Crippen molar-refractivity contribution in [3.63, 3.8) is 0 Å². The van der Waals surface area contributed by atoms with Gasteiger partial charge in [-0.05, 0) is 25.2 Å². The van der Waals surface area contributed by atoms with Crippen LogP contribution in [0.5, 0.6) is 0 Å². The molecule has 78 valence electrons. The molecule has 1 aromatic heterocycles. The monoisotopic (exact) mass is 193 g/mol. The van der Waals surface area contributed by atoms with E-state index in [0.717, 1.165) is 17.9 Å². The van der Waals surface area contributed by atoms with Crippen LogP contribution in [0.1, 0.15) is 38.3 Å². The van der Waals surface area contributed by atoms with Crippen LogP contribution in [0.4, 0.5) is 5.69 Å². The largest absolute Gasteiger partial charge is 0.396 e. The zero-order chi connectivity index (χ0) is 10.2. The zero-order valence-corrected chi connectivity index (χ0v) is 9.08. The fourth-order valence-electron chi connectivity index (χ4n) is 2.37. The maximum Gasteiger partial charge on any atom is 0.0730 e. The summed E-state index contributed by atoms with van der Waals surface area (Å²) in [5, 5.41) is 4.32. The molecule has 2 N–H and O–H groups in total. The average Bonchev–Trinajstić information content (AvgIpc) is 2.68. The first kappa shape index (κ1) is 9.56. The van der Waals surface area contributed by atoms with Crippen LogP contribution in [0.25, 0.3) is 0 Å². The highest BCUT2D eigenvalue weighted by molar-refractivity contribution is 5.39. The van der Waals surface area contributed by atoms with Crippen LogP contribution in [-0.4, -0.2) is 9.78 Å². The van der Waals surface area contributed by atoms with E-state index in [9.17, 15) is 0 Å². The number of hydrogen-bond donors (Lipinski definition) is 1. The topological polar surface area (TPSA) is 43.8 Å². The first-order valence-corrected chi connectivity index (χ1v) is 5.39. The number of hydrogen-bond acceptors (Lipinski definition) is 2. The maximum absolute atomic E-state index is 5.77. The third-order valence-corrected chi connectivity index (χ3v) is 3.48. The van der Waals surface area contributed by atoms with Gasteiger partial charge in [-0.1, -0.05) is 19.8 Å². The summed E-state index contributed by atoms with van der Waals surface area (Å²) < 4.78 is 2.06. The van der Waals surface area contributed by atoms with Crippen molar-refractivity contribution in [2.24, 2.45) is 5.41 Å². The van der Waals surface area contributed by atoms with E-state index in [1.165, 1.54) is 25.7 Å². The molecule has 0 bridgehead atoms. The molecule has 1 aliphatic carbocycles. The van der Waals surface area contributed by atoms with Crippen LogP contribution in [0.3, 0.4) is 0 Å².